The van der Waals surface area contributed by atoms with Crippen molar-refractivity contribution >= 4 is 10.9 Å². The van der Waals surface area contributed by atoms with Crippen LogP contribution in [0.4, 0.5) is 0 Å². The number of fused-ring (bicyclic) bond motifs is 2. The summed E-state index contributed by atoms with van der Waals surface area (Å²) in [7, 11) is 0. The molecule has 0 saturated heterocycles. The fraction of sp³-hybridized carbons (Fsp3) is 0.318. The zero-order valence-electron chi connectivity index (χ0n) is 14.9. The molecule has 3 nitrogen and oxygen atoms in total. The lowest BCUT2D eigenvalue weighted by molar-refractivity contribution is 0.244. The number of hydrogen-bond donors (Lipinski definition) is 1. The minimum absolute atomic E-state index is 0.181. The third-order valence-corrected chi connectivity index (χ3v) is 5.41. The number of aromatic nitrogens is 1. The molecule has 2 aromatic carbocycles. The third-order valence-electron chi connectivity index (χ3n) is 5.41. The quantitative estimate of drug-likeness (QED) is 0.788. The molecule has 0 amide bonds. The normalized spacial score (nSPS) is 14.6. The fourth-order valence-corrected chi connectivity index (χ4v) is 3.93. The summed E-state index contributed by atoms with van der Waals surface area (Å²) in [5.41, 5.74) is 7.11. The Labute approximate surface area is 148 Å². The van der Waals surface area contributed by atoms with E-state index in [1.807, 2.05) is 19.1 Å². The third kappa shape index (κ3) is 2.89. The average Bonchev–Trinajstić information content (AvgIpc) is 2.64. The van der Waals surface area contributed by atoms with E-state index in [0.29, 0.717) is 6.54 Å². The van der Waals surface area contributed by atoms with Crippen LogP contribution in [-0.4, -0.2) is 16.4 Å². The number of nitrogens with zero attached hydrogens (tertiary/aromatic N) is 1. The summed E-state index contributed by atoms with van der Waals surface area (Å²) in [5, 5.41) is 0.817. The van der Waals surface area contributed by atoms with Crippen LogP contribution >= 0.6 is 0 Å². The van der Waals surface area contributed by atoms with Crippen molar-refractivity contribution in [3.8, 4) is 0 Å². The lowest BCUT2D eigenvalue weighted by atomic mass is 9.98. The van der Waals surface area contributed by atoms with E-state index >= 15 is 0 Å². The van der Waals surface area contributed by atoms with Crippen molar-refractivity contribution in [2.24, 2.45) is 0 Å². The number of nitrogens with one attached hydrogen (secondary N) is 1. The molecule has 0 saturated carbocycles. The highest BCUT2D eigenvalue weighted by Crippen LogP contribution is 2.22. The van der Waals surface area contributed by atoms with Gasteiger partial charge in [-0.1, -0.05) is 43.3 Å². The first kappa shape index (κ1) is 16.1. The number of aryl methyl sites for hydroxylation is 2. The Balaban J connectivity index is 1.70. The first-order valence-electron chi connectivity index (χ1n) is 9.10. The number of para-hydroxylation sites is 1. The molecule has 0 radical (unpaired) electrons. The maximum atomic E-state index is 13.1. The van der Waals surface area contributed by atoms with Gasteiger partial charge in [-0.15, -0.1) is 0 Å². The molecular weight excluding hydrogens is 308 g/mol. The molecular formula is C22H24N2O. The molecule has 2 heterocycles. The lowest BCUT2D eigenvalue weighted by Gasteiger charge is -2.29. The van der Waals surface area contributed by atoms with Crippen molar-refractivity contribution in [1.29, 1.82) is 0 Å². The monoisotopic (exact) mass is 332 g/mol. The van der Waals surface area contributed by atoms with E-state index in [4.69, 9.17) is 0 Å². The molecule has 1 N–H and O–H groups in total. The van der Waals surface area contributed by atoms with Crippen LogP contribution < -0.4 is 5.43 Å². The van der Waals surface area contributed by atoms with E-state index in [-0.39, 0.29) is 5.43 Å². The lowest BCUT2D eigenvalue weighted by Crippen LogP contribution is -2.32. The van der Waals surface area contributed by atoms with Crippen molar-refractivity contribution < 1.29 is 0 Å². The van der Waals surface area contributed by atoms with Crippen molar-refractivity contribution in [2.45, 2.75) is 39.8 Å². The molecule has 1 aliphatic rings. The second-order valence-corrected chi connectivity index (χ2v) is 6.98. The highest BCUT2D eigenvalue weighted by atomic mass is 16.1. The maximum Gasteiger partial charge on any atom is 0.194 e. The summed E-state index contributed by atoms with van der Waals surface area (Å²) < 4.78 is 0. The van der Waals surface area contributed by atoms with Crippen LogP contribution in [-0.2, 0) is 25.9 Å². The topological polar surface area (TPSA) is 36.1 Å². The van der Waals surface area contributed by atoms with Gasteiger partial charge in [-0.3, -0.25) is 9.69 Å². The Kier molecular flexibility index (Phi) is 4.18. The molecule has 3 heteroatoms. The highest BCUT2D eigenvalue weighted by Gasteiger charge is 2.19. The Morgan fingerprint density at radius 1 is 1.08 bits per heavy atom. The standard InChI is InChI=1S/C22H24N2O/c1-3-16-9-6-10-19-21(16)23-15(2)20(22(19)25)14-24-12-11-17-7-4-5-8-18(17)13-24/h4-10H,3,11-14H2,1-2H3,(H,23,25). The minimum Gasteiger partial charge on any atom is -0.358 e. The van der Waals surface area contributed by atoms with Gasteiger partial charge in [0.1, 0.15) is 0 Å². The zero-order chi connectivity index (χ0) is 17.4. The second-order valence-electron chi connectivity index (χ2n) is 6.98. The van der Waals surface area contributed by atoms with Gasteiger partial charge in [-0.2, -0.15) is 0 Å². The number of aromatic amines is 1. The first-order valence-corrected chi connectivity index (χ1v) is 9.10. The molecule has 0 aliphatic carbocycles. The Morgan fingerprint density at radius 3 is 2.68 bits per heavy atom. The molecule has 4 rings (SSSR count). The van der Waals surface area contributed by atoms with E-state index in [1.54, 1.807) is 0 Å². The predicted molar refractivity (Wildman–Crippen MR) is 103 cm³/mol. The summed E-state index contributed by atoms with van der Waals surface area (Å²) in [4.78, 5) is 19.0. The Bertz CT molecular complexity index is 987. The van der Waals surface area contributed by atoms with Gasteiger partial charge in [0.05, 0.1) is 5.52 Å². The number of hydrogen-bond acceptors (Lipinski definition) is 2. The highest BCUT2D eigenvalue weighted by molar-refractivity contribution is 5.82. The number of benzene rings is 2. The number of pyridine rings is 1. The molecule has 0 fully saturated rings. The van der Waals surface area contributed by atoms with Gasteiger partial charge in [0.15, 0.2) is 5.43 Å². The molecule has 128 valence electrons. The van der Waals surface area contributed by atoms with Crippen LogP contribution in [0.15, 0.2) is 47.3 Å². The van der Waals surface area contributed by atoms with Gasteiger partial charge < -0.3 is 4.98 Å². The van der Waals surface area contributed by atoms with Crippen LogP contribution in [0.1, 0.15) is 34.9 Å². The van der Waals surface area contributed by atoms with Crippen molar-refractivity contribution in [2.75, 3.05) is 6.54 Å². The van der Waals surface area contributed by atoms with E-state index in [0.717, 1.165) is 48.1 Å². The van der Waals surface area contributed by atoms with Crippen LogP contribution in [0.2, 0.25) is 0 Å². The Morgan fingerprint density at radius 2 is 1.88 bits per heavy atom. The molecule has 3 aromatic rings. The molecule has 1 aliphatic heterocycles. The summed E-state index contributed by atoms with van der Waals surface area (Å²) in [6.45, 7) is 6.79. The molecule has 1 aromatic heterocycles. The molecule has 0 bridgehead atoms. The van der Waals surface area contributed by atoms with Crippen molar-refractivity contribution in [1.82, 2.24) is 9.88 Å². The predicted octanol–water partition coefficient (Wildman–Crippen LogP) is 3.96. The van der Waals surface area contributed by atoms with Gasteiger partial charge in [-0.05, 0) is 42.5 Å². The number of rotatable bonds is 3. The van der Waals surface area contributed by atoms with Crippen LogP contribution in [0.25, 0.3) is 10.9 Å². The van der Waals surface area contributed by atoms with E-state index < -0.39 is 0 Å². The second kappa shape index (κ2) is 6.49. The Hall–Kier alpha value is -2.39. The molecule has 0 unspecified atom stereocenters. The van der Waals surface area contributed by atoms with E-state index in [2.05, 4.69) is 47.1 Å². The maximum absolute atomic E-state index is 13.1. The first-order chi connectivity index (χ1) is 12.2. The summed E-state index contributed by atoms with van der Waals surface area (Å²) in [6.07, 6.45) is 1.98. The number of H-pyrrole nitrogens is 1. The average molecular weight is 332 g/mol. The van der Waals surface area contributed by atoms with Crippen molar-refractivity contribution in [3.05, 3.63) is 80.6 Å². The smallest absolute Gasteiger partial charge is 0.194 e. The van der Waals surface area contributed by atoms with Gasteiger partial charge in [0.2, 0.25) is 0 Å². The fourth-order valence-electron chi connectivity index (χ4n) is 3.93. The van der Waals surface area contributed by atoms with Gasteiger partial charge in [0, 0.05) is 36.3 Å². The van der Waals surface area contributed by atoms with Gasteiger partial charge >= 0.3 is 0 Å². The summed E-state index contributed by atoms with van der Waals surface area (Å²) in [6, 6.07) is 14.7. The molecule has 0 spiro atoms. The van der Waals surface area contributed by atoms with Crippen LogP contribution in [0.3, 0.4) is 0 Å². The molecule has 25 heavy (non-hydrogen) atoms. The largest absolute Gasteiger partial charge is 0.358 e. The molecule has 0 atom stereocenters. The minimum atomic E-state index is 0.181. The van der Waals surface area contributed by atoms with E-state index in [1.165, 1.54) is 16.7 Å². The van der Waals surface area contributed by atoms with E-state index in [9.17, 15) is 4.79 Å². The van der Waals surface area contributed by atoms with Gasteiger partial charge in [-0.25, -0.2) is 0 Å². The van der Waals surface area contributed by atoms with Gasteiger partial charge in [0.25, 0.3) is 0 Å². The summed E-state index contributed by atoms with van der Waals surface area (Å²) in [5.74, 6) is 0. The van der Waals surface area contributed by atoms with Crippen LogP contribution in [0, 0.1) is 6.92 Å². The SMILES string of the molecule is CCc1cccc2c(=O)c(CN3CCc4ccccc4C3)c(C)[nH]c12. The van der Waals surface area contributed by atoms with Crippen molar-refractivity contribution in [3.63, 3.8) is 0 Å². The zero-order valence-corrected chi connectivity index (χ0v) is 14.9. The van der Waals surface area contributed by atoms with Crippen LogP contribution in [0.5, 0.6) is 0 Å². The summed E-state index contributed by atoms with van der Waals surface area (Å²) >= 11 is 0.